The Bertz CT molecular complexity index is 770. The van der Waals surface area contributed by atoms with Crippen molar-refractivity contribution in [3.8, 4) is 0 Å². The highest BCUT2D eigenvalue weighted by Gasteiger charge is 2.49. The number of ether oxygens (including phenoxy) is 1. The molecule has 0 aromatic heterocycles. The van der Waals surface area contributed by atoms with Gasteiger partial charge in [-0.15, -0.1) is 0 Å². The van der Waals surface area contributed by atoms with Crippen molar-refractivity contribution >= 4 is 17.5 Å². The maximum atomic E-state index is 12.6. The molecule has 0 heterocycles. The van der Waals surface area contributed by atoms with E-state index in [2.05, 4.69) is 0 Å². The first-order valence-corrected chi connectivity index (χ1v) is 8.53. The van der Waals surface area contributed by atoms with E-state index in [-0.39, 0.29) is 24.2 Å². The Morgan fingerprint density at radius 3 is 2.15 bits per heavy atom. The maximum Gasteiger partial charge on any atom is 0.416 e. The van der Waals surface area contributed by atoms with Crippen LogP contribution in [0, 0.1) is 5.41 Å². The fourth-order valence-electron chi connectivity index (χ4n) is 2.86. The van der Waals surface area contributed by atoms with Crippen molar-refractivity contribution in [3.05, 3.63) is 47.5 Å². The Morgan fingerprint density at radius 2 is 1.70 bits per heavy atom. The van der Waals surface area contributed by atoms with Crippen LogP contribution in [0.15, 0.2) is 36.4 Å². The number of Topliss-reactive ketones (excluding diaryl/α,β-unsaturated/α-hetero) is 1. The molecule has 1 aliphatic rings. The number of benzene rings is 1. The van der Waals surface area contributed by atoms with E-state index in [0.717, 1.165) is 30.3 Å². The zero-order valence-electron chi connectivity index (χ0n) is 15.4. The smallest absolute Gasteiger partial charge is 0.416 e. The molecule has 0 N–H and O–H groups in total. The summed E-state index contributed by atoms with van der Waals surface area (Å²) in [5.41, 5.74) is -3.14. The second kappa shape index (κ2) is 7.29. The summed E-state index contributed by atoms with van der Waals surface area (Å²) in [7, 11) is 0. The molecule has 146 valence electrons. The Balaban J connectivity index is 2.25. The van der Waals surface area contributed by atoms with Crippen LogP contribution in [-0.2, 0) is 20.5 Å². The SMILES string of the molecule is CC(C)(C)OC(=O)[C@]1(/C=C\C(=O)c2ccc(C(F)(F)F)cc2)CCCC1=O. The lowest BCUT2D eigenvalue weighted by Crippen LogP contribution is -2.39. The summed E-state index contributed by atoms with van der Waals surface area (Å²) in [6.45, 7) is 5.03. The minimum Gasteiger partial charge on any atom is -0.459 e. The van der Waals surface area contributed by atoms with Crippen LogP contribution in [0.5, 0.6) is 0 Å². The van der Waals surface area contributed by atoms with Crippen LogP contribution in [0.3, 0.4) is 0 Å². The van der Waals surface area contributed by atoms with Crippen LogP contribution in [0.25, 0.3) is 0 Å². The van der Waals surface area contributed by atoms with E-state index < -0.39 is 34.5 Å². The van der Waals surface area contributed by atoms with Crippen LogP contribution in [0.1, 0.15) is 56.0 Å². The molecule has 0 amide bonds. The molecule has 0 bridgehead atoms. The third-order valence-electron chi connectivity index (χ3n) is 4.25. The molecule has 0 spiro atoms. The van der Waals surface area contributed by atoms with Crippen molar-refractivity contribution in [3.63, 3.8) is 0 Å². The topological polar surface area (TPSA) is 60.4 Å². The van der Waals surface area contributed by atoms with Gasteiger partial charge in [0, 0.05) is 12.0 Å². The first-order valence-electron chi connectivity index (χ1n) is 8.53. The van der Waals surface area contributed by atoms with Crippen LogP contribution in [0.4, 0.5) is 13.2 Å². The number of allylic oxidation sites excluding steroid dienone is 1. The highest BCUT2D eigenvalue weighted by molar-refractivity contribution is 6.10. The van der Waals surface area contributed by atoms with Gasteiger partial charge in [0.1, 0.15) is 11.0 Å². The average Bonchev–Trinajstić information content (AvgIpc) is 2.92. The first-order chi connectivity index (χ1) is 12.3. The molecular weight excluding hydrogens is 361 g/mol. The molecule has 1 saturated carbocycles. The standard InChI is InChI=1S/C20H21F3O4/c1-18(2,3)27-17(26)19(11-4-5-16(19)25)12-10-15(24)13-6-8-14(9-7-13)20(21,22)23/h6-10,12H,4-5,11H2,1-3H3/b12-10-/t19-/m0/s1. The summed E-state index contributed by atoms with van der Waals surface area (Å²) in [6, 6.07) is 3.75. The Kier molecular flexibility index (Phi) is 5.63. The number of halogens is 3. The summed E-state index contributed by atoms with van der Waals surface area (Å²) >= 11 is 0. The summed E-state index contributed by atoms with van der Waals surface area (Å²) in [5.74, 6) is -1.63. The maximum absolute atomic E-state index is 12.6. The minimum absolute atomic E-state index is 0.0315. The molecule has 1 atom stereocenters. The van der Waals surface area contributed by atoms with Gasteiger partial charge in [0.25, 0.3) is 0 Å². The van der Waals surface area contributed by atoms with E-state index in [1.54, 1.807) is 20.8 Å². The van der Waals surface area contributed by atoms with Gasteiger partial charge in [-0.1, -0.05) is 18.2 Å². The largest absolute Gasteiger partial charge is 0.459 e. The quantitative estimate of drug-likeness (QED) is 0.332. The molecule has 1 aliphatic carbocycles. The number of rotatable bonds is 4. The van der Waals surface area contributed by atoms with E-state index in [1.807, 2.05) is 0 Å². The van der Waals surface area contributed by atoms with Crippen molar-refractivity contribution in [1.29, 1.82) is 0 Å². The fourth-order valence-corrected chi connectivity index (χ4v) is 2.86. The van der Waals surface area contributed by atoms with Gasteiger partial charge >= 0.3 is 12.1 Å². The number of hydrogen-bond donors (Lipinski definition) is 0. The molecule has 27 heavy (non-hydrogen) atoms. The van der Waals surface area contributed by atoms with Gasteiger partial charge in [0.15, 0.2) is 11.6 Å². The summed E-state index contributed by atoms with van der Waals surface area (Å²) in [5, 5.41) is 0. The molecular formula is C20H21F3O4. The molecule has 1 aromatic rings. The van der Waals surface area contributed by atoms with Crippen molar-refractivity contribution in [1.82, 2.24) is 0 Å². The molecule has 4 nitrogen and oxygen atoms in total. The number of hydrogen-bond acceptors (Lipinski definition) is 4. The average molecular weight is 382 g/mol. The molecule has 1 fully saturated rings. The third-order valence-corrected chi connectivity index (χ3v) is 4.25. The number of carbonyl (C=O) groups excluding carboxylic acids is 3. The number of ketones is 2. The molecule has 0 aliphatic heterocycles. The van der Waals surface area contributed by atoms with E-state index >= 15 is 0 Å². The zero-order valence-corrected chi connectivity index (χ0v) is 15.4. The van der Waals surface area contributed by atoms with Crippen LogP contribution in [-0.4, -0.2) is 23.1 Å². The Labute approximate surface area is 155 Å². The molecule has 2 rings (SSSR count). The summed E-state index contributed by atoms with van der Waals surface area (Å²) in [6.07, 6.45) is -1.26. The van der Waals surface area contributed by atoms with E-state index in [1.165, 1.54) is 6.08 Å². The monoisotopic (exact) mass is 382 g/mol. The second-order valence-corrected chi connectivity index (χ2v) is 7.52. The van der Waals surface area contributed by atoms with Gasteiger partial charge in [-0.25, -0.2) is 0 Å². The van der Waals surface area contributed by atoms with Gasteiger partial charge in [-0.05, 0) is 51.8 Å². The van der Waals surface area contributed by atoms with Crippen LogP contribution >= 0.6 is 0 Å². The molecule has 0 saturated heterocycles. The predicted molar refractivity (Wildman–Crippen MR) is 92.1 cm³/mol. The third kappa shape index (κ3) is 4.84. The second-order valence-electron chi connectivity index (χ2n) is 7.52. The van der Waals surface area contributed by atoms with Gasteiger partial charge in [-0.2, -0.15) is 13.2 Å². The molecule has 7 heteroatoms. The lowest BCUT2D eigenvalue weighted by Gasteiger charge is -2.27. The molecule has 0 radical (unpaired) electrons. The fraction of sp³-hybridized carbons (Fsp3) is 0.450. The van der Waals surface area contributed by atoms with Crippen LogP contribution < -0.4 is 0 Å². The number of esters is 1. The molecule has 0 unspecified atom stereocenters. The van der Waals surface area contributed by atoms with E-state index in [0.29, 0.717) is 6.42 Å². The number of alkyl halides is 3. The van der Waals surface area contributed by atoms with E-state index in [4.69, 9.17) is 4.74 Å². The van der Waals surface area contributed by atoms with E-state index in [9.17, 15) is 27.6 Å². The predicted octanol–water partition coefficient (Wildman–Crippen LogP) is 4.53. The van der Waals surface area contributed by atoms with Crippen molar-refractivity contribution in [2.75, 3.05) is 0 Å². The van der Waals surface area contributed by atoms with Crippen molar-refractivity contribution < 1.29 is 32.3 Å². The number of carbonyl (C=O) groups is 3. The summed E-state index contributed by atoms with van der Waals surface area (Å²) in [4.78, 5) is 37.2. The highest BCUT2D eigenvalue weighted by Crippen LogP contribution is 2.39. The Hall–Kier alpha value is -2.44. The van der Waals surface area contributed by atoms with Gasteiger partial charge in [0.2, 0.25) is 0 Å². The summed E-state index contributed by atoms with van der Waals surface area (Å²) < 4.78 is 43.1. The zero-order chi connectivity index (χ0) is 20.5. The Morgan fingerprint density at radius 1 is 1.11 bits per heavy atom. The normalized spacial score (nSPS) is 20.9. The highest BCUT2D eigenvalue weighted by atomic mass is 19.4. The van der Waals surface area contributed by atoms with Crippen molar-refractivity contribution in [2.45, 2.75) is 51.8 Å². The lowest BCUT2D eigenvalue weighted by molar-refractivity contribution is -0.166. The van der Waals surface area contributed by atoms with Gasteiger partial charge in [-0.3, -0.25) is 14.4 Å². The van der Waals surface area contributed by atoms with Crippen LogP contribution in [0.2, 0.25) is 0 Å². The first kappa shape index (κ1) is 20.9. The van der Waals surface area contributed by atoms with Crippen molar-refractivity contribution in [2.24, 2.45) is 5.41 Å². The lowest BCUT2D eigenvalue weighted by atomic mass is 9.84. The van der Waals surface area contributed by atoms with Gasteiger partial charge < -0.3 is 4.74 Å². The van der Waals surface area contributed by atoms with Gasteiger partial charge in [0.05, 0.1) is 5.56 Å². The minimum atomic E-state index is -4.49. The molecule has 1 aromatic carbocycles.